The molecule has 3 rings (SSSR count). The lowest BCUT2D eigenvalue weighted by molar-refractivity contribution is 0.560. The van der Waals surface area contributed by atoms with Crippen LogP contribution >= 0.6 is 15.9 Å². The van der Waals surface area contributed by atoms with Crippen LogP contribution in [0, 0.1) is 6.07 Å². The molecular weight excluding hydrogens is 370 g/mol. The molecule has 0 bridgehead atoms. The van der Waals surface area contributed by atoms with E-state index in [2.05, 4.69) is 22.0 Å². The number of para-hydroxylation sites is 1. The summed E-state index contributed by atoms with van der Waals surface area (Å²) in [6, 6.07) is 16.0. The molecule has 22 heavy (non-hydrogen) atoms. The highest BCUT2D eigenvalue weighted by atomic mass is 79.9. The van der Waals surface area contributed by atoms with Crippen LogP contribution in [0.4, 0.5) is 11.4 Å². The molecule has 0 fully saturated rings. The Morgan fingerprint density at radius 1 is 1.14 bits per heavy atom. The second kappa shape index (κ2) is 5.94. The number of rotatable bonds is 3. The molecular formula is C15H9BrNO4S. The van der Waals surface area contributed by atoms with Crippen molar-refractivity contribution < 1.29 is 12.8 Å². The molecule has 1 heterocycles. The van der Waals surface area contributed by atoms with E-state index in [9.17, 15) is 13.2 Å². The minimum atomic E-state index is -3.06. The smallest absolute Gasteiger partial charge is 0.361 e. The van der Waals surface area contributed by atoms with Gasteiger partial charge in [-0.1, -0.05) is 40.2 Å². The second-order valence-electron chi connectivity index (χ2n) is 4.40. The summed E-state index contributed by atoms with van der Waals surface area (Å²) in [5.74, 6) is 0. The van der Waals surface area contributed by atoms with E-state index in [0.717, 1.165) is 4.31 Å². The Bertz CT molecular complexity index is 972. The first kappa shape index (κ1) is 14.8. The zero-order valence-electron chi connectivity index (χ0n) is 11.0. The molecule has 5 nitrogen and oxygen atoms in total. The third kappa shape index (κ3) is 2.77. The molecule has 0 aliphatic rings. The molecule has 111 valence electrons. The zero-order valence-corrected chi connectivity index (χ0v) is 13.5. The van der Waals surface area contributed by atoms with Crippen LogP contribution in [0.25, 0.3) is 11.0 Å². The SMILES string of the molecule is O=c1oc2[c]cccc2cc1N(c1cccc(Br)c1)[SH](=O)=O. The lowest BCUT2D eigenvalue weighted by Gasteiger charge is -2.16. The van der Waals surface area contributed by atoms with Crippen LogP contribution in [0.1, 0.15) is 0 Å². The molecule has 0 unspecified atom stereocenters. The van der Waals surface area contributed by atoms with Crippen LogP contribution in [0.15, 0.2) is 62.2 Å². The molecule has 1 aromatic heterocycles. The molecule has 1 radical (unpaired) electrons. The van der Waals surface area contributed by atoms with Crippen molar-refractivity contribution in [2.45, 2.75) is 0 Å². The second-order valence-corrected chi connectivity index (χ2v) is 6.19. The monoisotopic (exact) mass is 378 g/mol. The number of benzene rings is 2. The van der Waals surface area contributed by atoms with Gasteiger partial charge in [-0.05, 0) is 24.3 Å². The summed E-state index contributed by atoms with van der Waals surface area (Å²) >= 11 is 3.28. The number of hydrogen-bond donors (Lipinski definition) is 1. The summed E-state index contributed by atoms with van der Waals surface area (Å²) in [7, 11) is -3.06. The first-order valence-corrected chi connectivity index (χ1v) is 8.13. The van der Waals surface area contributed by atoms with Gasteiger partial charge in [-0.15, -0.1) is 0 Å². The summed E-state index contributed by atoms with van der Waals surface area (Å²) < 4.78 is 30.1. The number of anilines is 2. The molecule has 3 aromatic rings. The van der Waals surface area contributed by atoms with Gasteiger partial charge >= 0.3 is 5.63 Å². The molecule has 0 N–H and O–H groups in total. The van der Waals surface area contributed by atoms with E-state index < -0.39 is 16.5 Å². The molecule has 0 spiro atoms. The zero-order chi connectivity index (χ0) is 15.7. The van der Waals surface area contributed by atoms with Crippen LogP contribution < -0.4 is 9.93 Å². The van der Waals surface area contributed by atoms with Gasteiger partial charge in [0.25, 0.3) is 0 Å². The van der Waals surface area contributed by atoms with Crippen LogP contribution in [0.2, 0.25) is 0 Å². The first-order valence-electron chi connectivity index (χ1n) is 6.21. The van der Waals surface area contributed by atoms with Crippen molar-refractivity contribution in [3.8, 4) is 0 Å². The molecule has 7 heteroatoms. The van der Waals surface area contributed by atoms with Crippen molar-refractivity contribution in [3.05, 3.63) is 69.5 Å². The Labute approximate surface area is 136 Å². The third-order valence-corrected chi connectivity index (χ3v) is 4.26. The Balaban J connectivity index is 2.25. The highest BCUT2D eigenvalue weighted by Crippen LogP contribution is 2.27. The van der Waals surface area contributed by atoms with Crippen molar-refractivity contribution in [2.75, 3.05) is 4.31 Å². The van der Waals surface area contributed by atoms with E-state index in [1.165, 1.54) is 6.07 Å². The molecule has 0 aliphatic heterocycles. The van der Waals surface area contributed by atoms with Crippen LogP contribution in [0.3, 0.4) is 0 Å². The molecule has 0 saturated carbocycles. The summed E-state index contributed by atoms with van der Waals surface area (Å²) in [6.45, 7) is 0. The summed E-state index contributed by atoms with van der Waals surface area (Å²) in [6.07, 6.45) is 0. The fourth-order valence-electron chi connectivity index (χ4n) is 2.06. The maximum Gasteiger partial charge on any atom is 0.361 e. The minimum absolute atomic E-state index is 0.0682. The van der Waals surface area contributed by atoms with E-state index in [0.29, 0.717) is 15.5 Å². The predicted molar refractivity (Wildman–Crippen MR) is 87.9 cm³/mol. The van der Waals surface area contributed by atoms with Gasteiger partial charge in [0.15, 0.2) is 0 Å². The van der Waals surface area contributed by atoms with E-state index in [1.807, 2.05) is 0 Å². The largest absolute Gasteiger partial charge is 0.421 e. The topological polar surface area (TPSA) is 67.6 Å². The van der Waals surface area contributed by atoms with Gasteiger partial charge in [0.05, 0.1) is 5.69 Å². The molecule has 0 amide bonds. The van der Waals surface area contributed by atoms with Crippen molar-refractivity contribution in [1.29, 1.82) is 0 Å². The highest BCUT2D eigenvalue weighted by molar-refractivity contribution is 9.10. The minimum Gasteiger partial charge on any atom is -0.421 e. The average Bonchev–Trinajstić information content (AvgIpc) is 2.48. The molecule has 0 aliphatic carbocycles. The molecule has 0 atom stereocenters. The van der Waals surface area contributed by atoms with Gasteiger partial charge in [0.2, 0.25) is 10.9 Å². The van der Waals surface area contributed by atoms with E-state index in [1.54, 1.807) is 42.5 Å². The summed E-state index contributed by atoms with van der Waals surface area (Å²) in [4.78, 5) is 12.1. The van der Waals surface area contributed by atoms with Crippen molar-refractivity contribution in [1.82, 2.24) is 0 Å². The van der Waals surface area contributed by atoms with Crippen LogP contribution in [-0.2, 0) is 10.9 Å². The first-order chi connectivity index (χ1) is 10.6. The van der Waals surface area contributed by atoms with E-state index in [4.69, 9.17) is 4.42 Å². The maximum absolute atomic E-state index is 12.1. The van der Waals surface area contributed by atoms with Gasteiger partial charge in [0, 0.05) is 15.9 Å². The third-order valence-electron chi connectivity index (χ3n) is 2.99. The lowest BCUT2D eigenvalue weighted by Crippen LogP contribution is -2.21. The predicted octanol–water partition coefficient (Wildman–Crippen LogP) is 3.02. The quantitative estimate of drug-likeness (QED) is 0.561. The van der Waals surface area contributed by atoms with Gasteiger partial charge < -0.3 is 4.42 Å². The number of thiol groups is 1. The Kier molecular flexibility index (Phi) is 4.00. The Morgan fingerprint density at radius 2 is 1.95 bits per heavy atom. The molecule has 0 saturated heterocycles. The number of halogens is 1. The standard InChI is InChI=1S/C15H9BrNO4S/c16-11-5-3-6-12(9-11)17(22(19)20)13-8-10-4-1-2-7-14(10)21-15(13)18/h1-6,8-9,22H. The number of hydrogen-bond acceptors (Lipinski definition) is 4. The number of nitrogens with zero attached hydrogens (tertiary/aromatic N) is 1. The van der Waals surface area contributed by atoms with Gasteiger partial charge in [-0.3, -0.25) is 0 Å². The van der Waals surface area contributed by atoms with Crippen LogP contribution in [0.5, 0.6) is 0 Å². The average molecular weight is 379 g/mol. The van der Waals surface area contributed by atoms with E-state index in [-0.39, 0.29) is 11.3 Å². The van der Waals surface area contributed by atoms with Gasteiger partial charge in [-0.25, -0.2) is 17.5 Å². The van der Waals surface area contributed by atoms with E-state index >= 15 is 0 Å². The summed E-state index contributed by atoms with van der Waals surface area (Å²) in [5.41, 5.74) is -0.181. The Morgan fingerprint density at radius 3 is 2.68 bits per heavy atom. The van der Waals surface area contributed by atoms with Crippen molar-refractivity contribution >= 4 is 49.2 Å². The fourth-order valence-corrected chi connectivity index (χ4v) is 3.08. The fraction of sp³-hybridized carbons (Fsp3) is 0. The van der Waals surface area contributed by atoms with Crippen molar-refractivity contribution in [2.24, 2.45) is 0 Å². The lowest BCUT2D eigenvalue weighted by atomic mass is 10.2. The van der Waals surface area contributed by atoms with Crippen molar-refractivity contribution in [3.63, 3.8) is 0 Å². The maximum atomic E-state index is 12.1. The van der Waals surface area contributed by atoms with Gasteiger partial charge in [0.1, 0.15) is 11.3 Å². The van der Waals surface area contributed by atoms with Gasteiger partial charge in [-0.2, -0.15) is 0 Å². The highest BCUT2D eigenvalue weighted by Gasteiger charge is 2.18. The number of fused-ring (bicyclic) bond motifs is 1. The van der Waals surface area contributed by atoms with Crippen LogP contribution in [-0.4, -0.2) is 8.42 Å². The Hall–Kier alpha value is -2.12. The normalized spacial score (nSPS) is 11.0. The summed E-state index contributed by atoms with van der Waals surface area (Å²) in [5, 5.41) is 0.592. The molecule has 2 aromatic carbocycles.